The Morgan fingerprint density at radius 1 is 0.482 bits per heavy atom. The van der Waals surface area contributed by atoms with Crippen LogP contribution in [-0.4, -0.2) is 221 Å². The second-order valence-corrected chi connectivity index (χ2v) is 24.8. The number of aliphatic hydroxyl groups excluding tert-OH is 1. The summed E-state index contributed by atoms with van der Waals surface area (Å²) in [4.78, 5) is 161. The van der Waals surface area contributed by atoms with Gasteiger partial charge in [0, 0.05) is 55.3 Å². The molecule has 23 nitrogen and oxygen atoms in total. The Bertz CT molecular complexity index is 2240. The zero-order valence-corrected chi connectivity index (χ0v) is 54.9. The summed E-state index contributed by atoms with van der Waals surface area (Å²) in [6, 6.07) is -10.5. The van der Waals surface area contributed by atoms with Crippen molar-refractivity contribution in [2.24, 2.45) is 47.2 Å². The van der Waals surface area contributed by atoms with Gasteiger partial charge in [-0.05, 0) is 95.3 Å². The van der Waals surface area contributed by atoms with E-state index >= 15 is 9.59 Å². The summed E-state index contributed by atoms with van der Waals surface area (Å²) in [6.07, 6.45) is 3.11. The minimum Gasteiger partial charge on any atom is -0.390 e. The van der Waals surface area contributed by atoms with Crippen molar-refractivity contribution in [2.45, 2.75) is 210 Å². The van der Waals surface area contributed by atoms with Crippen LogP contribution in [0.3, 0.4) is 0 Å². The summed E-state index contributed by atoms with van der Waals surface area (Å²) < 4.78 is 0. The lowest BCUT2D eigenvalue weighted by Gasteiger charge is -2.41. The Kier molecular flexibility index (Phi) is 32.6. The molecule has 0 saturated heterocycles. The zero-order chi connectivity index (χ0) is 65.0. The third kappa shape index (κ3) is 22.4. The molecule has 476 valence electrons. The molecule has 12 atom stereocenters. The summed E-state index contributed by atoms with van der Waals surface area (Å²) in [7, 11) is 9.98. The molecule has 0 bridgehead atoms. The number of rotatable bonds is 34. The second kappa shape index (κ2) is 35.2. The van der Waals surface area contributed by atoms with Crippen LogP contribution < -0.4 is 21.7 Å². The molecular formula is C60H109N11O12. The van der Waals surface area contributed by atoms with Gasteiger partial charge in [0.2, 0.25) is 65.0 Å². The fourth-order valence-electron chi connectivity index (χ4n) is 9.65. The summed E-state index contributed by atoms with van der Waals surface area (Å²) in [6.45, 7) is 29.5. The van der Waals surface area contributed by atoms with Gasteiger partial charge in [-0.1, -0.05) is 102 Å². The summed E-state index contributed by atoms with van der Waals surface area (Å²) >= 11 is 0. The molecule has 0 aliphatic carbocycles. The predicted molar refractivity (Wildman–Crippen MR) is 321 cm³/mol. The van der Waals surface area contributed by atoms with Gasteiger partial charge in [-0.2, -0.15) is 0 Å². The molecule has 0 aliphatic rings. The van der Waals surface area contributed by atoms with Gasteiger partial charge < -0.3 is 61.1 Å². The average molecular weight is 1180 g/mol. The van der Waals surface area contributed by atoms with Crippen LogP contribution >= 0.6 is 0 Å². The molecule has 0 aliphatic heterocycles. The van der Waals surface area contributed by atoms with Crippen molar-refractivity contribution in [3.05, 3.63) is 12.2 Å². The van der Waals surface area contributed by atoms with Crippen LogP contribution in [-0.2, 0) is 52.7 Å². The van der Waals surface area contributed by atoms with Crippen molar-refractivity contribution < 1.29 is 57.8 Å². The lowest BCUT2D eigenvalue weighted by Crippen LogP contribution is -2.63. The van der Waals surface area contributed by atoms with E-state index in [4.69, 9.17) is 5.73 Å². The van der Waals surface area contributed by atoms with E-state index in [1.165, 1.54) is 82.7 Å². The molecule has 1 unspecified atom stereocenters. The first-order chi connectivity index (χ1) is 38.2. The number of primary amides is 1. The highest BCUT2D eigenvalue weighted by Crippen LogP contribution is 2.25. The lowest BCUT2D eigenvalue weighted by molar-refractivity contribution is -0.157. The molecule has 11 amide bonds. The maximum absolute atomic E-state index is 15.1. The van der Waals surface area contributed by atoms with E-state index in [1.807, 2.05) is 55.4 Å². The number of nitrogens with two attached hydrogens (primary N) is 1. The molecule has 6 N–H and O–H groups in total. The van der Waals surface area contributed by atoms with E-state index < -0.39 is 138 Å². The Balaban J connectivity index is 7.03. The van der Waals surface area contributed by atoms with Gasteiger partial charge in [0.1, 0.15) is 54.4 Å². The quantitative estimate of drug-likeness (QED) is 0.0582. The van der Waals surface area contributed by atoms with Crippen LogP contribution in [0.25, 0.3) is 0 Å². The molecule has 0 saturated carbocycles. The molecular weight excluding hydrogens is 1070 g/mol. The maximum atomic E-state index is 15.1. The predicted octanol–water partition coefficient (Wildman–Crippen LogP) is 2.87. The highest BCUT2D eigenvalue weighted by molar-refractivity contribution is 5.98. The summed E-state index contributed by atoms with van der Waals surface area (Å²) in [5.74, 6) is -8.52. The van der Waals surface area contributed by atoms with E-state index in [0.717, 1.165) is 14.7 Å². The number of hydrogen-bond acceptors (Lipinski definition) is 12. The largest absolute Gasteiger partial charge is 0.390 e. The zero-order valence-electron chi connectivity index (χ0n) is 54.9. The molecule has 83 heavy (non-hydrogen) atoms. The standard InChI is InChI=1S/C60H109N11O12/c1-25-27-28-38(13)50(73)49(54(77)64-43(26-2)57(80)65(18)32-47(72)66(19)42(17)51(61)74)71(24)60(83)48(37(11)12)70(23)59(82)46(31-35(7)8)69(22)58(81)45(30-34(5)6)68(21)56(79)41(16)63-52(75)40(15)62-53(76)44(29-33(3)4)67(20)55(78)39(14)36(9)10/h25,27,33-46,48-50,73H,26,28-32H2,1-24H3,(H2,61,74)(H,62,76)(H,63,75)(H,64,77)/b27-25-/t38-,39+,40-,41+,42+,43+,44+,45-,46-,48-,49?,50+/m1/s1. The van der Waals surface area contributed by atoms with Gasteiger partial charge in [0.05, 0.1) is 12.6 Å². The molecule has 0 fully saturated rings. The minimum atomic E-state index is -1.59. The van der Waals surface area contributed by atoms with Crippen molar-refractivity contribution in [2.75, 3.05) is 55.9 Å². The lowest BCUT2D eigenvalue weighted by atomic mass is 9.91. The van der Waals surface area contributed by atoms with Crippen molar-refractivity contribution >= 4 is 65.0 Å². The van der Waals surface area contributed by atoms with Crippen LogP contribution in [0.2, 0.25) is 0 Å². The molecule has 0 spiro atoms. The molecule has 0 aromatic heterocycles. The second-order valence-electron chi connectivity index (χ2n) is 24.8. The monoisotopic (exact) mass is 1180 g/mol. The van der Waals surface area contributed by atoms with Gasteiger partial charge >= 0.3 is 0 Å². The van der Waals surface area contributed by atoms with E-state index in [-0.39, 0.29) is 54.8 Å². The van der Waals surface area contributed by atoms with Crippen LogP contribution in [0.5, 0.6) is 0 Å². The van der Waals surface area contributed by atoms with Gasteiger partial charge in [-0.15, -0.1) is 0 Å². The van der Waals surface area contributed by atoms with E-state index in [1.54, 1.807) is 60.7 Å². The highest BCUT2D eigenvalue weighted by Gasteiger charge is 2.45. The van der Waals surface area contributed by atoms with E-state index in [0.29, 0.717) is 12.8 Å². The summed E-state index contributed by atoms with van der Waals surface area (Å²) in [5.41, 5.74) is 5.38. The number of carbonyl (C=O) groups excluding carboxylic acids is 11. The van der Waals surface area contributed by atoms with Gasteiger partial charge in [-0.25, -0.2) is 0 Å². The van der Waals surface area contributed by atoms with Crippen molar-refractivity contribution in [3.8, 4) is 0 Å². The van der Waals surface area contributed by atoms with E-state index in [9.17, 15) is 48.3 Å². The number of amides is 11. The number of aliphatic hydroxyl groups is 1. The smallest absolute Gasteiger partial charge is 0.246 e. The fourth-order valence-corrected chi connectivity index (χ4v) is 9.65. The molecule has 0 radical (unpaired) electrons. The minimum absolute atomic E-state index is 0.0388. The molecule has 0 aromatic rings. The Hall–Kier alpha value is -6.13. The first-order valence-electron chi connectivity index (χ1n) is 29.5. The van der Waals surface area contributed by atoms with Crippen LogP contribution in [0.15, 0.2) is 12.2 Å². The highest BCUT2D eigenvalue weighted by atomic mass is 16.3. The van der Waals surface area contributed by atoms with Gasteiger partial charge in [0.15, 0.2) is 0 Å². The molecule has 0 rings (SSSR count). The van der Waals surface area contributed by atoms with Crippen molar-refractivity contribution in [3.63, 3.8) is 0 Å². The fraction of sp³-hybridized carbons (Fsp3) is 0.783. The summed E-state index contributed by atoms with van der Waals surface area (Å²) in [5, 5.41) is 20.0. The third-order valence-corrected chi connectivity index (χ3v) is 15.8. The first kappa shape index (κ1) is 76.9. The number of hydrogen-bond donors (Lipinski definition) is 5. The third-order valence-electron chi connectivity index (χ3n) is 15.8. The number of likely N-dealkylation sites (N-methyl/N-ethyl adjacent to an activating group) is 7. The van der Waals surface area contributed by atoms with Crippen LogP contribution in [0, 0.1) is 41.4 Å². The van der Waals surface area contributed by atoms with Gasteiger partial charge in [0.25, 0.3) is 0 Å². The molecule has 23 heteroatoms. The normalized spacial score (nSPS) is 16.1. The number of allylic oxidation sites excluding steroid dienone is 2. The molecule has 0 aromatic carbocycles. The van der Waals surface area contributed by atoms with Crippen LogP contribution in [0.1, 0.15) is 150 Å². The van der Waals surface area contributed by atoms with Crippen LogP contribution in [0.4, 0.5) is 0 Å². The van der Waals surface area contributed by atoms with Crippen molar-refractivity contribution in [1.82, 2.24) is 50.2 Å². The van der Waals surface area contributed by atoms with E-state index in [2.05, 4.69) is 16.0 Å². The Morgan fingerprint density at radius 3 is 1.35 bits per heavy atom. The SMILES string of the molecule is C/C=C\C[C@@H](C)[C@H](O)C(C(=O)N[C@@H](CC)C(=O)N(C)CC(=O)N(C)[C@@H](C)C(N)=O)N(C)C(=O)[C@@H](C(C)C)N(C)C(=O)[C@@H](CC(C)C)N(C)C(=O)[C@@H](CC(C)C)N(C)C(=O)[C@H](C)NC(=O)[C@@H](C)NC(=O)[C@H](CC(C)C)N(C)C(=O)[C@@H](C)C(C)C. The topological polar surface area (TPSA) is 293 Å². The molecule has 0 heterocycles. The first-order valence-corrected chi connectivity index (χ1v) is 29.5. The average Bonchev–Trinajstić information content (AvgIpc) is 3.44. The number of carbonyl (C=O) groups is 11. The Morgan fingerprint density at radius 2 is 0.916 bits per heavy atom. The Labute approximate surface area is 496 Å². The number of nitrogens with one attached hydrogen (secondary N) is 3. The van der Waals surface area contributed by atoms with Crippen molar-refractivity contribution in [1.29, 1.82) is 0 Å². The number of nitrogens with zero attached hydrogens (tertiary/aromatic N) is 7. The van der Waals surface area contributed by atoms with Gasteiger partial charge in [-0.3, -0.25) is 52.7 Å². The maximum Gasteiger partial charge on any atom is 0.246 e.